The van der Waals surface area contributed by atoms with E-state index in [2.05, 4.69) is 5.73 Å². The molecule has 0 aliphatic heterocycles. The molecule has 1 amide bonds. The highest BCUT2D eigenvalue weighted by Crippen LogP contribution is 1.92. The summed E-state index contributed by atoms with van der Waals surface area (Å²) in [4.78, 5) is 19.3. The first kappa shape index (κ1) is 7.87. The Bertz CT molecular complexity index is 134. The van der Waals surface area contributed by atoms with E-state index < -0.39 is 16.9 Å². The Morgan fingerprint density at radius 3 is 2.44 bits per heavy atom. The number of carbonyl (C=O) groups excluding carboxylic acids is 1. The fourth-order valence-corrected chi connectivity index (χ4v) is 0.366. The molecule has 0 saturated heterocycles. The maximum absolute atomic E-state index is 10.0. The van der Waals surface area contributed by atoms with Crippen molar-refractivity contribution in [2.24, 2.45) is 5.73 Å². The molecule has 5 heteroatoms. The molecule has 1 unspecified atom stereocenters. The Kier molecular flexibility index (Phi) is 2.63. The van der Waals surface area contributed by atoms with Gasteiger partial charge in [-0.3, -0.25) is 14.9 Å². The molecule has 0 spiro atoms. The number of primary amides is 1. The Hall–Kier alpha value is -1.13. The van der Waals surface area contributed by atoms with E-state index >= 15 is 0 Å². The molecule has 0 aliphatic rings. The summed E-state index contributed by atoms with van der Waals surface area (Å²) in [6, 6.07) is -0.859. The van der Waals surface area contributed by atoms with Crippen molar-refractivity contribution in [1.82, 2.24) is 0 Å². The van der Waals surface area contributed by atoms with Gasteiger partial charge in [-0.1, -0.05) is 0 Å². The number of hydrogen-bond donors (Lipinski definition) is 1. The third-order valence-electron chi connectivity index (χ3n) is 0.856. The van der Waals surface area contributed by atoms with Gasteiger partial charge in [-0.15, -0.1) is 0 Å². The summed E-state index contributed by atoms with van der Waals surface area (Å²) in [5, 5.41) is 9.83. The molecule has 2 N–H and O–H groups in total. The van der Waals surface area contributed by atoms with Crippen LogP contribution in [-0.2, 0) is 4.79 Å². The molecule has 0 aromatic rings. The third kappa shape index (κ3) is 3.45. The van der Waals surface area contributed by atoms with Crippen LogP contribution >= 0.6 is 0 Å². The number of nitrogens with two attached hydrogens (primary N) is 1. The molecule has 0 bridgehead atoms. The minimum atomic E-state index is -0.859. The van der Waals surface area contributed by atoms with Crippen LogP contribution in [0.3, 0.4) is 0 Å². The minimum Gasteiger partial charge on any atom is -0.369 e. The van der Waals surface area contributed by atoms with Crippen molar-refractivity contribution in [3.05, 3.63) is 10.1 Å². The lowest BCUT2D eigenvalue weighted by molar-refractivity contribution is -0.516. The average molecular weight is 132 g/mol. The Labute approximate surface area is 52.0 Å². The second-order valence-electron chi connectivity index (χ2n) is 1.80. The molecular formula is C4H8N2O3. The quantitative estimate of drug-likeness (QED) is 0.416. The van der Waals surface area contributed by atoms with Gasteiger partial charge in [0, 0.05) is 11.8 Å². The first-order valence-corrected chi connectivity index (χ1v) is 2.46. The van der Waals surface area contributed by atoms with E-state index in [1.807, 2.05) is 0 Å². The zero-order valence-corrected chi connectivity index (χ0v) is 5.03. The number of rotatable bonds is 3. The highest BCUT2D eigenvalue weighted by molar-refractivity contribution is 5.74. The van der Waals surface area contributed by atoms with Crippen LogP contribution in [0.4, 0.5) is 0 Å². The average Bonchev–Trinajstić information content (AvgIpc) is 1.63. The molecule has 0 aliphatic carbocycles. The summed E-state index contributed by atoms with van der Waals surface area (Å²) in [5.74, 6) is -0.640. The normalized spacial score (nSPS) is 12.6. The molecule has 0 saturated carbocycles. The lowest BCUT2D eigenvalue weighted by atomic mass is 10.2. The zero-order chi connectivity index (χ0) is 7.44. The summed E-state index contributed by atoms with van der Waals surface area (Å²) in [5.41, 5.74) is 4.69. The van der Waals surface area contributed by atoms with Gasteiger partial charge in [-0.25, -0.2) is 0 Å². The number of hydrogen-bond acceptors (Lipinski definition) is 3. The summed E-state index contributed by atoms with van der Waals surface area (Å²) in [7, 11) is 0. The van der Waals surface area contributed by atoms with Crippen molar-refractivity contribution < 1.29 is 9.72 Å². The van der Waals surface area contributed by atoms with Crippen LogP contribution in [0, 0.1) is 10.1 Å². The Morgan fingerprint density at radius 2 is 2.33 bits per heavy atom. The maximum Gasteiger partial charge on any atom is 0.224 e. The summed E-state index contributed by atoms with van der Waals surface area (Å²) in [6.07, 6.45) is -0.188. The topological polar surface area (TPSA) is 86.2 Å². The van der Waals surface area contributed by atoms with Crippen LogP contribution in [0.15, 0.2) is 0 Å². The maximum atomic E-state index is 10.0. The molecule has 0 aromatic carbocycles. The van der Waals surface area contributed by atoms with Crippen molar-refractivity contribution in [2.45, 2.75) is 19.4 Å². The van der Waals surface area contributed by atoms with Gasteiger partial charge in [-0.2, -0.15) is 0 Å². The molecule has 0 heterocycles. The van der Waals surface area contributed by atoms with Gasteiger partial charge in [0.1, 0.15) is 0 Å². The highest BCUT2D eigenvalue weighted by Gasteiger charge is 2.14. The number of amides is 1. The van der Waals surface area contributed by atoms with Gasteiger partial charge < -0.3 is 5.73 Å². The fraction of sp³-hybridized carbons (Fsp3) is 0.750. The van der Waals surface area contributed by atoms with E-state index in [-0.39, 0.29) is 6.42 Å². The van der Waals surface area contributed by atoms with Crippen molar-refractivity contribution in [1.29, 1.82) is 0 Å². The number of nitro groups is 1. The van der Waals surface area contributed by atoms with E-state index in [9.17, 15) is 14.9 Å². The van der Waals surface area contributed by atoms with Crippen molar-refractivity contribution in [3.8, 4) is 0 Å². The first-order chi connectivity index (χ1) is 4.04. The fourth-order valence-electron chi connectivity index (χ4n) is 0.366. The summed E-state index contributed by atoms with van der Waals surface area (Å²) in [6.45, 7) is 1.34. The molecule has 0 aromatic heterocycles. The molecule has 0 fully saturated rings. The lowest BCUT2D eigenvalue weighted by Crippen LogP contribution is -2.23. The number of nitrogens with zero attached hydrogens (tertiary/aromatic N) is 1. The van der Waals surface area contributed by atoms with Gasteiger partial charge in [0.2, 0.25) is 11.9 Å². The van der Waals surface area contributed by atoms with E-state index in [1.54, 1.807) is 0 Å². The van der Waals surface area contributed by atoms with Gasteiger partial charge in [0.05, 0.1) is 6.42 Å². The van der Waals surface area contributed by atoms with Crippen LogP contribution in [0.25, 0.3) is 0 Å². The summed E-state index contributed by atoms with van der Waals surface area (Å²) < 4.78 is 0. The largest absolute Gasteiger partial charge is 0.369 e. The SMILES string of the molecule is CC(CC(N)=O)[N+](=O)[O-]. The van der Waals surface area contributed by atoms with E-state index in [4.69, 9.17) is 0 Å². The molecule has 5 nitrogen and oxygen atoms in total. The van der Waals surface area contributed by atoms with Crippen LogP contribution in [0.2, 0.25) is 0 Å². The molecule has 0 radical (unpaired) electrons. The van der Waals surface area contributed by atoms with Crippen LogP contribution < -0.4 is 5.73 Å². The Balaban J connectivity index is 3.63. The Morgan fingerprint density at radius 1 is 1.89 bits per heavy atom. The van der Waals surface area contributed by atoms with Crippen LogP contribution in [-0.4, -0.2) is 16.9 Å². The highest BCUT2D eigenvalue weighted by atomic mass is 16.6. The summed E-state index contributed by atoms with van der Waals surface area (Å²) >= 11 is 0. The first-order valence-electron chi connectivity index (χ1n) is 2.46. The molecule has 52 valence electrons. The monoisotopic (exact) mass is 132 g/mol. The molecular weight excluding hydrogens is 124 g/mol. The van der Waals surface area contributed by atoms with Gasteiger partial charge >= 0.3 is 0 Å². The predicted molar refractivity (Wildman–Crippen MR) is 30.3 cm³/mol. The molecule has 9 heavy (non-hydrogen) atoms. The van der Waals surface area contributed by atoms with Crippen LogP contribution in [0.1, 0.15) is 13.3 Å². The van der Waals surface area contributed by atoms with Crippen molar-refractivity contribution >= 4 is 5.91 Å². The van der Waals surface area contributed by atoms with Gasteiger partial charge in [0.25, 0.3) is 0 Å². The third-order valence-corrected chi connectivity index (χ3v) is 0.856. The van der Waals surface area contributed by atoms with Gasteiger partial charge in [0.15, 0.2) is 0 Å². The zero-order valence-electron chi connectivity index (χ0n) is 5.03. The smallest absolute Gasteiger partial charge is 0.224 e. The van der Waals surface area contributed by atoms with E-state index in [0.29, 0.717) is 0 Å². The lowest BCUT2D eigenvalue weighted by Gasteiger charge is -1.97. The predicted octanol–water partition coefficient (Wildman–Crippen LogP) is -0.473. The molecule has 0 rings (SSSR count). The number of carbonyl (C=O) groups is 1. The second kappa shape index (κ2) is 3.01. The van der Waals surface area contributed by atoms with Crippen molar-refractivity contribution in [2.75, 3.05) is 0 Å². The standard InChI is InChI=1S/C4H8N2O3/c1-3(6(8)9)2-4(5)7/h3H,2H2,1H3,(H2,5,7). The second-order valence-corrected chi connectivity index (χ2v) is 1.80. The molecule has 1 atom stereocenters. The van der Waals surface area contributed by atoms with E-state index in [1.165, 1.54) is 6.92 Å². The van der Waals surface area contributed by atoms with Gasteiger partial charge in [-0.05, 0) is 0 Å². The van der Waals surface area contributed by atoms with E-state index in [0.717, 1.165) is 0 Å². The van der Waals surface area contributed by atoms with Crippen LogP contribution in [0.5, 0.6) is 0 Å². The minimum absolute atomic E-state index is 0.188. The van der Waals surface area contributed by atoms with Crippen molar-refractivity contribution in [3.63, 3.8) is 0 Å².